The van der Waals surface area contributed by atoms with Crippen molar-refractivity contribution in [2.45, 2.75) is 11.4 Å². The summed E-state index contributed by atoms with van der Waals surface area (Å²) in [4.78, 5) is 26.9. The quantitative estimate of drug-likeness (QED) is 0.322. The monoisotopic (exact) mass is 457 g/mol. The fraction of sp³-hybridized carbons (Fsp3) is 0.0526. The first-order valence-corrected chi connectivity index (χ1v) is 11.2. The van der Waals surface area contributed by atoms with Crippen LogP contribution >= 0.6 is 11.3 Å². The van der Waals surface area contributed by atoms with Crippen LogP contribution in [0.4, 0.5) is 16.5 Å². The van der Waals surface area contributed by atoms with Crippen LogP contribution < -0.4 is 10.0 Å². The molecular weight excluding hydrogens is 442 g/mol. The van der Waals surface area contributed by atoms with Crippen LogP contribution in [0.1, 0.15) is 0 Å². The summed E-state index contributed by atoms with van der Waals surface area (Å²) in [5, 5.41) is 16.4. The topological polar surface area (TPSA) is 136 Å². The molecule has 0 radical (unpaired) electrons. The average Bonchev–Trinajstić information content (AvgIpc) is 3.37. The van der Waals surface area contributed by atoms with Gasteiger partial charge in [0.2, 0.25) is 5.91 Å². The molecule has 0 spiro atoms. The Labute approximate surface area is 180 Å². The van der Waals surface area contributed by atoms with Gasteiger partial charge in [0.1, 0.15) is 6.54 Å². The summed E-state index contributed by atoms with van der Waals surface area (Å²) >= 11 is 1.16. The molecule has 2 heterocycles. The third kappa shape index (κ3) is 4.54. The number of non-ortho nitro benzene ring substituents is 1. The molecule has 10 nitrogen and oxygen atoms in total. The molecule has 4 aromatic rings. The molecule has 31 heavy (non-hydrogen) atoms. The number of anilines is 2. The highest BCUT2D eigenvalue weighted by atomic mass is 32.2. The van der Waals surface area contributed by atoms with E-state index in [0.717, 1.165) is 16.7 Å². The van der Waals surface area contributed by atoms with Crippen LogP contribution in [0.2, 0.25) is 0 Å². The molecule has 0 saturated heterocycles. The standard InChI is InChI=1S/C19H15N5O5S2/c25-18(12-23-9-7-13-1-4-15(24(26)27)11-17(13)23)21-14-2-5-16(6-3-14)31(28,29)22-19-20-8-10-30-19/h1-11H,12H2,(H,20,22)(H,21,25). The molecule has 1 amide bonds. The summed E-state index contributed by atoms with van der Waals surface area (Å²) in [6, 6.07) is 11.9. The lowest BCUT2D eigenvalue weighted by atomic mass is 10.2. The van der Waals surface area contributed by atoms with Crippen molar-refractivity contribution in [2.24, 2.45) is 0 Å². The first-order valence-electron chi connectivity index (χ1n) is 8.87. The van der Waals surface area contributed by atoms with Crippen LogP contribution in [0.3, 0.4) is 0 Å². The molecule has 158 valence electrons. The molecule has 0 atom stereocenters. The largest absolute Gasteiger partial charge is 0.338 e. The second-order valence-electron chi connectivity index (χ2n) is 6.46. The van der Waals surface area contributed by atoms with Crippen LogP contribution in [-0.2, 0) is 21.4 Å². The summed E-state index contributed by atoms with van der Waals surface area (Å²) in [6.07, 6.45) is 3.17. The van der Waals surface area contributed by atoms with Crippen molar-refractivity contribution in [2.75, 3.05) is 10.0 Å². The molecule has 0 aliphatic carbocycles. The summed E-state index contributed by atoms with van der Waals surface area (Å²) in [5.74, 6) is -0.361. The Bertz CT molecular complexity index is 1360. The molecule has 2 N–H and O–H groups in total. The van der Waals surface area contributed by atoms with Gasteiger partial charge in [-0.1, -0.05) is 0 Å². The Hall–Kier alpha value is -3.77. The molecule has 0 saturated carbocycles. The molecule has 12 heteroatoms. The Morgan fingerprint density at radius 1 is 1.16 bits per heavy atom. The number of amides is 1. The van der Waals surface area contributed by atoms with E-state index in [1.165, 1.54) is 42.6 Å². The minimum Gasteiger partial charge on any atom is -0.338 e. The van der Waals surface area contributed by atoms with E-state index < -0.39 is 14.9 Å². The number of nitro benzene ring substituents is 1. The first-order chi connectivity index (χ1) is 14.8. The van der Waals surface area contributed by atoms with E-state index >= 15 is 0 Å². The maximum Gasteiger partial charge on any atom is 0.271 e. The van der Waals surface area contributed by atoms with E-state index in [0.29, 0.717) is 11.2 Å². The number of hydrogen-bond donors (Lipinski definition) is 2. The van der Waals surface area contributed by atoms with Crippen molar-refractivity contribution in [1.82, 2.24) is 9.55 Å². The second kappa shape index (κ2) is 8.16. The summed E-state index contributed by atoms with van der Waals surface area (Å²) < 4.78 is 28.7. The molecular formula is C19H15N5O5S2. The number of sulfonamides is 1. The van der Waals surface area contributed by atoms with Crippen LogP contribution in [-0.4, -0.2) is 28.8 Å². The van der Waals surface area contributed by atoms with Gasteiger partial charge in [-0.3, -0.25) is 19.6 Å². The maximum absolute atomic E-state index is 12.4. The van der Waals surface area contributed by atoms with Gasteiger partial charge >= 0.3 is 0 Å². The number of carbonyl (C=O) groups is 1. The van der Waals surface area contributed by atoms with E-state index in [1.54, 1.807) is 28.3 Å². The van der Waals surface area contributed by atoms with Gasteiger partial charge in [0, 0.05) is 41.0 Å². The lowest BCUT2D eigenvalue weighted by Gasteiger charge is -2.09. The lowest BCUT2D eigenvalue weighted by Crippen LogP contribution is -2.18. The third-order valence-electron chi connectivity index (χ3n) is 4.38. The van der Waals surface area contributed by atoms with Crippen molar-refractivity contribution in [1.29, 1.82) is 0 Å². The third-order valence-corrected chi connectivity index (χ3v) is 6.56. The van der Waals surface area contributed by atoms with Crippen molar-refractivity contribution in [3.05, 3.63) is 76.4 Å². The highest BCUT2D eigenvalue weighted by Crippen LogP contribution is 2.23. The predicted molar refractivity (Wildman–Crippen MR) is 117 cm³/mol. The molecule has 2 aromatic carbocycles. The van der Waals surface area contributed by atoms with Gasteiger partial charge in [0.25, 0.3) is 15.7 Å². The van der Waals surface area contributed by atoms with Crippen molar-refractivity contribution < 1.29 is 18.1 Å². The highest BCUT2D eigenvalue weighted by molar-refractivity contribution is 7.93. The van der Waals surface area contributed by atoms with Gasteiger partial charge in [-0.2, -0.15) is 0 Å². The minimum absolute atomic E-state index is 0.0319. The van der Waals surface area contributed by atoms with Crippen LogP contribution in [0.25, 0.3) is 10.9 Å². The number of rotatable bonds is 7. The summed E-state index contributed by atoms with van der Waals surface area (Å²) in [6.45, 7) is -0.0592. The van der Waals surface area contributed by atoms with Crippen LogP contribution in [0.15, 0.2) is 71.2 Å². The van der Waals surface area contributed by atoms with Gasteiger partial charge in [0.15, 0.2) is 5.13 Å². The normalized spacial score (nSPS) is 11.4. The lowest BCUT2D eigenvalue weighted by molar-refractivity contribution is -0.384. The highest BCUT2D eigenvalue weighted by Gasteiger charge is 2.16. The van der Waals surface area contributed by atoms with Crippen molar-refractivity contribution in [3.63, 3.8) is 0 Å². The van der Waals surface area contributed by atoms with E-state index in [9.17, 15) is 23.3 Å². The van der Waals surface area contributed by atoms with Crippen molar-refractivity contribution >= 4 is 54.7 Å². The fourth-order valence-electron chi connectivity index (χ4n) is 2.94. The van der Waals surface area contributed by atoms with Gasteiger partial charge < -0.3 is 9.88 Å². The summed E-state index contributed by atoms with van der Waals surface area (Å²) in [7, 11) is -3.78. The number of nitrogens with one attached hydrogen (secondary N) is 2. The Morgan fingerprint density at radius 2 is 1.94 bits per heavy atom. The predicted octanol–water partition coefficient (Wildman–Crippen LogP) is 3.45. The molecule has 0 aliphatic heterocycles. The fourth-order valence-corrected chi connectivity index (χ4v) is 4.73. The second-order valence-corrected chi connectivity index (χ2v) is 9.04. The van der Waals surface area contributed by atoms with Gasteiger partial charge in [0.05, 0.1) is 15.3 Å². The van der Waals surface area contributed by atoms with E-state index in [2.05, 4.69) is 15.0 Å². The molecule has 0 fully saturated rings. The van der Waals surface area contributed by atoms with E-state index in [-0.39, 0.29) is 28.2 Å². The summed E-state index contributed by atoms with van der Waals surface area (Å²) in [5.41, 5.74) is 0.927. The van der Waals surface area contributed by atoms with Crippen LogP contribution in [0, 0.1) is 10.1 Å². The average molecular weight is 457 g/mol. The zero-order chi connectivity index (χ0) is 22.0. The van der Waals surface area contributed by atoms with Gasteiger partial charge in [-0.15, -0.1) is 11.3 Å². The van der Waals surface area contributed by atoms with Gasteiger partial charge in [-0.25, -0.2) is 13.4 Å². The van der Waals surface area contributed by atoms with E-state index in [1.807, 2.05) is 0 Å². The first kappa shape index (κ1) is 20.5. The van der Waals surface area contributed by atoms with Gasteiger partial charge in [-0.05, 0) is 36.4 Å². The molecule has 2 aromatic heterocycles. The maximum atomic E-state index is 12.4. The number of thiazole rings is 1. The zero-order valence-corrected chi connectivity index (χ0v) is 17.4. The van der Waals surface area contributed by atoms with Crippen LogP contribution in [0.5, 0.6) is 0 Å². The number of aromatic nitrogens is 2. The number of nitrogens with zero attached hydrogens (tertiary/aromatic N) is 3. The number of carbonyl (C=O) groups excluding carboxylic acids is 1. The van der Waals surface area contributed by atoms with E-state index in [4.69, 9.17) is 0 Å². The Morgan fingerprint density at radius 3 is 2.61 bits per heavy atom. The zero-order valence-electron chi connectivity index (χ0n) is 15.8. The SMILES string of the molecule is O=C(Cn1ccc2ccc([N+](=O)[O-])cc21)Nc1ccc(S(=O)(=O)Nc2nccs2)cc1. The number of hydrogen-bond acceptors (Lipinski definition) is 7. The Kier molecular flexibility index (Phi) is 5.40. The molecule has 0 bridgehead atoms. The molecule has 4 rings (SSSR count). The number of fused-ring (bicyclic) bond motifs is 1. The number of benzene rings is 2. The Balaban J connectivity index is 1.45. The molecule has 0 aliphatic rings. The smallest absolute Gasteiger partial charge is 0.271 e. The minimum atomic E-state index is -3.78. The van der Waals surface area contributed by atoms with Crippen molar-refractivity contribution in [3.8, 4) is 0 Å². The molecule has 0 unspecified atom stereocenters. The number of nitro groups is 1.